The molecule has 0 spiro atoms. The lowest BCUT2D eigenvalue weighted by Gasteiger charge is -2.16. The first-order valence-corrected chi connectivity index (χ1v) is 11.0. The third-order valence-corrected chi connectivity index (χ3v) is 7.15. The molecule has 8 heteroatoms. The summed E-state index contributed by atoms with van der Waals surface area (Å²) in [4.78, 5) is 29.8. The fraction of sp³-hybridized carbons (Fsp3) is 0.350. The smallest absolute Gasteiger partial charge is 0.261 e. The summed E-state index contributed by atoms with van der Waals surface area (Å²) in [6, 6.07) is 8.66. The van der Waals surface area contributed by atoms with Gasteiger partial charge < -0.3 is 4.57 Å². The summed E-state index contributed by atoms with van der Waals surface area (Å²) < 4.78 is 26.9. The predicted molar refractivity (Wildman–Crippen MR) is 107 cm³/mol. The van der Waals surface area contributed by atoms with E-state index in [1.54, 1.807) is 24.3 Å². The molecule has 1 atom stereocenters. The Labute approximate surface area is 162 Å². The molecule has 0 bridgehead atoms. The van der Waals surface area contributed by atoms with Crippen molar-refractivity contribution in [3.05, 3.63) is 64.0 Å². The van der Waals surface area contributed by atoms with Crippen molar-refractivity contribution in [2.75, 3.05) is 11.5 Å². The molecule has 2 aromatic heterocycles. The van der Waals surface area contributed by atoms with Gasteiger partial charge in [-0.25, -0.2) is 13.4 Å². The minimum atomic E-state index is -3.02. The highest BCUT2D eigenvalue weighted by Crippen LogP contribution is 2.29. The summed E-state index contributed by atoms with van der Waals surface area (Å²) in [5.41, 5.74) is 2.45. The van der Waals surface area contributed by atoms with E-state index in [0.29, 0.717) is 22.9 Å². The van der Waals surface area contributed by atoms with E-state index in [4.69, 9.17) is 0 Å². The predicted octanol–water partition coefficient (Wildman–Crippen LogP) is 2.06. The third-order valence-electron chi connectivity index (χ3n) is 5.40. The SMILES string of the molecule is Cc1cc(C(=O)Cn2cnc3ccccc3c2=O)c(C)n1[C@H]1CCS(=O)(=O)C1. The van der Waals surface area contributed by atoms with Crippen LogP contribution < -0.4 is 5.56 Å². The van der Waals surface area contributed by atoms with E-state index < -0.39 is 9.84 Å². The van der Waals surface area contributed by atoms with Crippen LogP contribution in [0.2, 0.25) is 0 Å². The minimum Gasteiger partial charge on any atom is -0.344 e. The van der Waals surface area contributed by atoms with E-state index in [-0.39, 0.29) is 35.4 Å². The summed E-state index contributed by atoms with van der Waals surface area (Å²) in [5.74, 6) is 0.0840. The van der Waals surface area contributed by atoms with Gasteiger partial charge in [0.05, 0.1) is 35.3 Å². The second-order valence-electron chi connectivity index (χ2n) is 7.33. The van der Waals surface area contributed by atoms with Gasteiger partial charge in [0.15, 0.2) is 15.6 Å². The topological polar surface area (TPSA) is 91.0 Å². The first-order chi connectivity index (χ1) is 13.3. The normalized spacial score (nSPS) is 18.6. The van der Waals surface area contributed by atoms with Gasteiger partial charge in [0.2, 0.25) is 0 Å². The number of benzene rings is 1. The number of aryl methyl sites for hydroxylation is 1. The molecule has 146 valence electrons. The molecule has 0 N–H and O–H groups in total. The number of carbonyl (C=O) groups excluding carboxylic acids is 1. The number of fused-ring (bicyclic) bond motifs is 1. The molecule has 1 aliphatic heterocycles. The van der Waals surface area contributed by atoms with Crippen LogP contribution in [0.5, 0.6) is 0 Å². The van der Waals surface area contributed by atoms with Crippen LogP contribution in [0.4, 0.5) is 0 Å². The summed E-state index contributed by atoms with van der Waals surface area (Å²) in [7, 11) is -3.02. The lowest BCUT2D eigenvalue weighted by Crippen LogP contribution is -2.25. The number of rotatable bonds is 4. The van der Waals surface area contributed by atoms with Gasteiger partial charge in [0.1, 0.15) is 0 Å². The molecule has 1 fully saturated rings. The van der Waals surface area contributed by atoms with Gasteiger partial charge in [0.25, 0.3) is 5.56 Å². The molecule has 3 heterocycles. The number of para-hydroxylation sites is 1. The van der Waals surface area contributed by atoms with Crippen molar-refractivity contribution in [1.29, 1.82) is 0 Å². The highest BCUT2D eigenvalue weighted by Gasteiger charge is 2.31. The molecule has 0 amide bonds. The molecular formula is C20H21N3O4S. The Morgan fingerprint density at radius 1 is 1.25 bits per heavy atom. The Kier molecular flexibility index (Phi) is 4.45. The Hall–Kier alpha value is -2.74. The van der Waals surface area contributed by atoms with E-state index >= 15 is 0 Å². The van der Waals surface area contributed by atoms with Crippen LogP contribution >= 0.6 is 0 Å². The molecule has 3 aromatic rings. The molecule has 0 unspecified atom stereocenters. The zero-order chi connectivity index (χ0) is 20.1. The number of sulfone groups is 1. The standard InChI is InChI=1S/C20H21N3O4S/c1-13-9-17(14(2)23(13)15-7-8-28(26,27)11-15)19(24)10-22-12-21-18-6-4-3-5-16(18)20(22)25/h3-6,9,12,15H,7-8,10-11H2,1-2H3/t15-/m0/s1. The average molecular weight is 399 g/mol. The summed E-state index contributed by atoms with van der Waals surface area (Å²) >= 11 is 0. The number of hydrogen-bond acceptors (Lipinski definition) is 5. The van der Waals surface area contributed by atoms with Crippen molar-refractivity contribution in [3.63, 3.8) is 0 Å². The van der Waals surface area contributed by atoms with E-state index in [1.807, 2.05) is 24.5 Å². The quantitative estimate of drug-likeness (QED) is 0.626. The maximum absolute atomic E-state index is 12.9. The lowest BCUT2D eigenvalue weighted by molar-refractivity contribution is 0.0970. The Balaban J connectivity index is 1.66. The molecule has 1 aliphatic rings. The van der Waals surface area contributed by atoms with Gasteiger partial charge in [0, 0.05) is 23.0 Å². The van der Waals surface area contributed by atoms with Gasteiger partial charge in [-0.05, 0) is 38.5 Å². The van der Waals surface area contributed by atoms with E-state index in [1.165, 1.54) is 10.9 Å². The van der Waals surface area contributed by atoms with E-state index in [2.05, 4.69) is 4.98 Å². The van der Waals surface area contributed by atoms with Gasteiger partial charge >= 0.3 is 0 Å². The summed E-state index contributed by atoms with van der Waals surface area (Å²) in [6.07, 6.45) is 1.95. The molecule has 4 rings (SSSR count). The minimum absolute atomic E-state index is 0.102. The second kappa shape index (κ2) is 6.70. The van der Waals surface area contributed by atoms with Crippen molar-refractivity contribution in [2.24, 2.45) is 0 Å². The van der Waals surface area contributed by atoms with Gasteiger partial charge in [-0.15, -0.1) is 0 Å². The molecule has 0 saturated carbocycles. The van der Waals surface area contributed by atoms with Crippen molar-refractivity contribution < 1.29 is 13.2 Å². The molecule has 28 heavy (non-hydrogen) atoms. The number of ketones is 1. The van der Waals surface area contributed by atoms with Crippen LogP contribution in [0.1, 0.15) is 34.2 Å². The molecule has 1 aromatic carbocycles. The highest BCUT2D eigenvalue weighted by molar-refractivity contribution is 7.91. The third kappa shape index (κ3) is 3.17. The maximum Gasteiger partial charge on any atom is 0.261 e. The number of aromatic nitrogens is 3. The maximum atomic E-state index is 12.9. The van der Waals surface area contributed by atoms with Gasteiger partial charge in [-0.1, -0.05) is 12.1 Å². The zero-order valence-electron chi connectivity index (χ0n) is 15.8. The van der Waals surface area contributed by atoms with Crippen LogP contribution in [0.3, 0.4) is 0 Å². The van der Waals surface area contributed by atoms with Crippen molar-refractivity contribution in [3.8, 4) is 0 Å². The second-order valence-corrected chi connectivity index (χ2v) is 9.56. The Bertz CT molecular complexity index is 1250. The summed E-state index contributed by atoms with van der Waals surface area (Å²) in [6.45, 7) is 3.59. The van der Waals surface area contributed by atoms with Crippen LogP contribution in [-0.4, -0.2) is 39.8 Å². The largest absolute Gasteiger partial charge is 0.344 e. The molecular weight excluding hydrogens is 378 g/mol. The van der Waals surface area contributed by atoms with Crippen LogP contribution in [0, 0.1) is 13.8 Å². The van der Waals surface area contributed by atoms with Crippen molar-refractivity contribution >= 4 is 26.5 Å². The van der Waals surface area contributed by atoms with Crippen molar-refractivity contribution in [1.82, 2.24) is 14.1 Å². The van der Waals surface area contributed by atoms with Crippen LogP contribution in [0.15, 0.2) is 41.5 Å². The summed E-state index contributed by atoms with van der Waals surface area (Å²) in [5, 5.41) is 0.472. The fourth-order valence-electron chi connectivity index (χ4n) is 4.06. The monoisotopic (exact) mass is 399 g/mol. The first kappa shape index (κ1) is 18.6. The lowest BCUT2D eigenvalue weighted by atomic mass is 10.1. The Morgan fingerprint density at radius 2 is 2.00 bits per heavy atom. The van der Waals surface area contributed by atoms with Gasteiger partial charge in [-0.2, -0.15) is 0 Å². The molecule has 0 aliphatic carbocycles. The highest BCUT2D eigenvalue weighted by atomic mass is 32.2. The fourth-order valence-corrected chi connectivity index (χ4v) is 5.76. The number of nitrogens with zero attached hydrogens (tertiary/aromatic N) is 3. The zero-order valence-corrected chi connectivity index (χ0v) is 16.6. The molecule has 0 radical (unpaired) electrons. The van der Waals surface area contributed by atoms with E-state index in [0.717, 1.165) is 11.4 Å². The van der Waals surface area contributed by atoms with Gasteiger partial charge in [-0.3, -0.25) is 14.2 Å². The Morgan fingerprint density at radius 3 is 2.71 bits per heavy atom. The average Bonchev–Trinajstić information content (AvgIpc) is 3.15. The first-order valence-electron chi connectivity index (χ1n) is 9.13. The van der Waals surface area contributed by atoms with Crippen LogP contribution in [0.25, 0.3) is 10.9 Å². The molecule has 7 nitrogen and oxygen atoms in total. The van der Waals surface area contributed by atoms with E-state index in [9.17, 15) is 18.0 Å². The van der Waals surface area contributed by atoms with Crippen LogP contribution in [-0.2, 0) is 16.4 Å². The van der Waals surface area contributed by atoms with Crippen molar-refractivity contribution in [2.45, 2.75) is 32.9 Å². The number of hydrogen-bond donors (Lipinski definition) is 0. The number of carbonyl (C=O) groups is 1. The molecule has 1 saturated heterocycles. The number of Topliss-reactive ketones (excluding diaryl/α,β-unsaturated/α-hetero) is 1.